The third-order valence-corrected chi connectivity index (χ3v) is 5.35. The zero-order chi connectivity index (χ0) is 23.8. The van der Waals surface area contributed by atoms with Crippen molar-refractivity contribution in [3.05, 3.63) is 58.4 Å². The lowest BCUT2D eigenvalue weighted by atomic mass is 10.2. The monoisotopic (exact) mass is 480 g/mol. The van der Waals surface area contributed by atoms with Crippen LogP contribution in [-0.2, 0) is 11.2 Å². The van der Waals surface area contributed by atoms with Crippen LogP contribution in [0.4, 0.5) is 26.3 Å². The number of rotatable bonds is 5. The van der Waals surface area contributed by atoms with Gasteiger partial charge in [0.15, 0.2) is 4.90 Å². The normalized spacial score (nSPS) is 13.2. The van der Waals surface area contributed by atoms with E-state index in [2.05, 4.69) is 9.84 Å². The van der Waals surface area contributed by atoms with Gasteiger partial charge in [-0.3, -0.25) is 4.79 Å². The van der Waals surface area contributed by atoms with E-state index in [1.165, 1.54) is 12.1 Å². The number of hydrogen-bond donors (Lipinski definition) is 1. The van der Waals surface area contributed by atoms with Crippen LogP contribution >= 0.6 is 0 Å². The highest BCUT2D eigenvalue weighted by Gasteiger charge is 2.37. The molecule has 2 aromatic carbocycles. The summed E-state index contributed by atoms with van der Waals surface area (Å²) >= 11 is -2.74. The quantitative estimate of drug-likeness (QED) is 0.442. The smallest absolute Gasteiger partial charge is 0.573 e. The molecule has 170 valence electrons. The van der Waals surface area contributed by atoms with Crippen molar-refractivity contribution in [2.45, 2.75) is 17.4 Å². The topological polar surface area (TPSA) is 104 Å². The molecule has 7 nitrogen and oxygen atoms in total. The van der Waals surface area contributed by atoms with Crippen molar-refractivity contribution in [1.82, 2.24) is 9.78 Å². The van der Waals surface area contributed by atoms with Gasteiger partial charge in [-0.1, -0.05) is 6.07 Å². The molecule has 0 spiro atoms. The van der Waals surface area contributed by atoms with Gasteiger partial charge < -0.3 is 14.4 Å². The second kappa shape index (κ2) is 8.35. The lowest BCUT2D eigenvalue weighted by Crippen LogP contribution is -2.27. The van der Waals surface area contributed by atoms with Crippen LogP contribution in [0.2, 0.25) is 0 Å². The fraction of sp³-hybridized carbons (Fsp3) is 0.167. The van der Waals surface area contributed by atoms with E-state index in [0.29, 0.717) is 0 Å². The molecule has 1 aromatic heterocycles. The Bertz CT molecular complexity index is 1220. The molecule has 0 saturated heterocycles. The van der Waals surface area contributed by atoms with Crippen LogP contribution in [0.5, 0.6) is 5.75 Å². The average Bonchev–Trinajstić information content (AvgIpc) is 2.66. The summed E-state index contributed by atoms with van der Waals surface area (Å²) in [4.78, 5) is 23.6. The number of benzene rings is 2. The number of carboxylic acids is 1. The van der Waals surface area contributed by atoms with Gasteiger partial charge in [-0.25, -0.2) is 9.48 Å². The van der Waals surface area contributed by atoms with E-state index in [-0.39, 0.29) is 11.2 Å². The summed E-state index contributed by atoms with van der Waals surface area (Å²) in [6.45, 7) is 0. The second-order valence-electron chi connectivity index (χ2n) is 6.19. The van der Waals surface area contributed by atoms with Crippen LogP contribution in [0.15, 0.2) is 52.2 Å². The molecule has 3 rings (SSSR count). The maximum absolute atomic E-state index is 12.7. The Kier molecular flexibility index (Phi) is 6.11. The van der Waals surface area contributed by atoms with Gasteiger partial charge >= 0.3 is 18.5 Å². The first-order valence-electron chi connectivity index (χ1n) is 8.37. The summed E-state index contributed by atoms with van der Waals surface area (Å²) in [5.41, 5.74) is -2.57. The van der Waals surface area contributed by atoms with Gasteiger partial charge in [0.2, 0.25) is 16.9 Å². The highest BCUT2D eigenvalue weighted by atomic mass is 32.2. The summed E-state index contributed by atoms with van der Waals surface area (Å²) in [5, 5.41) is 12.4. The number of ether oxygens (including phenoxy) is 1. The Labute approximate surface area is 177 Å². The predicted octanol–water partition coefficient (Wildman–Crippen LogP) is 3.65. The third-order valence-electron chi connectivity index (χ3n) is 3.93. The molecule has 14 heteroatoms. The van der Waals surface area contributed by atoms with E-state index < -0.39 is 62.6 Å². The number of aromatic carboxylic acids is 1. The number of halogens is 6. The van der Waals surface area contributed by atoms with Crippen LogP contribution in [0.25, 0.3) is 16.6 Å². The van der Waals surface area contributed by atoms with Gasteiger partial charge in [0.25, 0.3) is 0 Å². The number of fused-ring (bicyclic) bond motifs is 1. The van der Waals surface area contributed by atoms with Gasteiger partial charge in [-0.05, 0) is 47.6 Å². The largest absolute Gasteiger partial charge is 0.611 e. The fourth-order valence-electron chi connectivity index (χ4n) is 2.78. The first-order valence-corrected chi connectivity index (χ1v) is 9.69. The van der Waals surface area contributed by atoms with Crippen LogP contribution < -0.4 is 10.2 Å². The average molecular weight is 480 g/mol. The maximum atomic E-state index is 12.7. The number of hydrogen-bond acceptors (Lipinski definition) is 5. The van der Waals surface area contributed by atoms with Crippen molar-refractivity contribution in [3.63, 3.8) is 0 Å². The molecule has 0 aliphatic heterocycles. The summed E-state index contributed by atoms with van der Waals surface area (Å²) in [5.74, 6) is -4.18. The Morgan fingerprint density at radius 3 is 2.25 bits per heavy atom. The van der Waals surface area contributed by atoms with E-state index in [1.54, 1.807) is 0 Å². The van der Waals surface area contributed by atoms with Crippen molar-refractivity contribution >= 4 is 28.0 Å². The molecule has 1 unspecified atom stereocenters. The van der Waals surface area contributed by atoms with Gasteiger partial charge in [0.1, 0.15) is 11.1 Å². The number of nitrogens with zero attached hydrogens (tertiary/aromatic N) is 2. The minimum atomic E-state index is -4.96. The van der Waals surface area contributed by atoms with Crippen LogP contribution in [0.1, 0.15) is 10.5 Å². The fourth-order valence-corrected chi connectivity index (χ4v) is 3.89. The van der Waals surface area contributed by atoms with E-state index in [9.17, 15) is 45.6 Å². The van der Waals surface area contributed by atoms with Crippen LogP contribution in [0, 0.1) is 0 Å². The highest BCUT2D eigenvalue weighted by molar-refractivity contribution is 7.91. The molecular weight excluding hydrogens is 470 g/mol. The molecule has 0 aliphatic carbocycles. The lowest BCUT2D eigenvalue weighted by Gasteiger charge is -2.16. The molecule has 0 fully saturated rings. The molecule has 1 heterocycles. The van der Waals surface area contributed by atoms with E-state index >= 15 is 0 Å². The summed E-state index contributed by atoms with van der Waals surface area (Å²) in [6, 6.07) is 7.28. The molecule has 1 atom stereocenters. The molecule has 1 N–H and O–H groups in total. The van der Waals surface area contributed by atoms with Gasteiger partial charge in [0, 0.05) is 0 Å². The maximum Gasteiger partial charge on any atom is 0.573 e. The van der Waals surface area contributed by atoms with Crippen molar-refractivity contribution in [2.75, 3.05) is 5.75 Å². The molecule has 32 heavy (non-hydrogen) atoms. The Morgan fingerprint density at radius 1 is 1.09 bits per heavy atom. The summed E-state index contributed by atoms with van der Waals surface area (Å²) in [6.07, 6.45) is -9.79. The van der Waals surface area contributed by atoms with Crippen molar-refractivity contribution < 1.29 is 45.5 Å². The van der Waals surface area contributed by atoms with Gasteiger partial charge in [-0.2, -0.15) is 18.3 Å². The molecule has 0 radical (unpaired) electrons. The molecule has 0 amide bonds. The Hall–Kier alpha value is -3.26. The Balaban J connectivity index is 2.24. The minimum absolute atomic E-state index is 0.0363. The van der Waals surface area contributed by atoms with E-state index in [4.69, 9.17) is 0 Å². The first-order chi connectivity index (χ1) is 14.8. The Morgan fingerprint density at radius 2 is 1.72 bits per heavy atom. The van der Waals surface area contributed by atoms with E-state index in [0.717, 1.165) is 35.0 Å². The second-order valence-corrected chi connectivity index (χ2v) is 7.61. The molecule has 0 aliphatic rings. The SMILES string of the molecule is O=C(O)c1nn(-c2ccc(OC(F)(F)F)cc2)c2cccc([S+]([O-])CC(F)(F)F)c2c1=O. The minimum Gasteiger partial charge on any atom is -0.611 e. The molecule has 0 saturated carbocycles. The standard InChI is InChI=1S/C18H10F6N2O5S/c19-17(20,21)8-32(30)12-3-1-2-11-13(12)15(27)14(16(28)29)25-26(11)9-4-6-10(7-5-9)31-18(22,23)24/h1-7H,8H2,(H,28,29). The summed E-state index contributed by atoms with van der Waals surface area (Å²) in [7, 11) is 0. The molecule has 3 aromatic rings. The van der Waals surface area contributed by atoms with E-state index in [1.807, 2.05) is 0 Å². The third kappa shape index (κ3) is 5.13. The zero-order valence-corrected chi connectivity index (χ0v) is 16.2. The van der Waals surface area contributed by atoms with Gasteiger partial charge in [-0.15, -0.1) is 13.2 Å². The summed E-state index contributed by atoms with van der Waals surface area (Å²) < 4.78 is 92.1. The van der Waals surface area contributed by atoms with Crippen molar-refractivity contribution in [2.24, 2.45) is 0 Å². The highest BCUT2D eigenvalue weighted by Crippen LogP contribution is 2.28. The first kappa shape index (κ1) is 23.4. The number of carboxylic acid groups (broad SMARTS) is 1. The number of carbonyl (C=O) groups is 1. The predicted molar refractivity (Wildman–Crippen MR) is 98.3 cm³/mol. The lowest BCUT2D eigenvalue weighted by molar-refractivity contribution is -0.274. The van der Waals surface area contributed by atoms with Crippen molar-refractivity contribution in [1.29, 1.82) is 0 Å². The van der Waals surface area contributed by atoms with Crippen molar-refractivity contribution in [3.8, 4) is 11.4 Å². The van der Waals surface area contributed by atoms with Crippen LogP contribution in [-0.4, -0.2) is 43.7 Å². The molecular formula is C18H10F6N2O5S. The van der Waals surface area contributed by atoms with Gasteiger partial charge in [0.05, 0.1) is 11.2 Å². The van der Waals surface area contributed by atoms with Crippen LogP contribution in [0.3, 0.4) is 0 Å². The number of alkyl halides is 6. The molecule has 0 bridgehead atoms. The zero-order valence-electron chi connectivity index (χ0n) is 15.4. The number of aromatic nitrogens is 2.